The molecule has 2 aliphatic rings. The van der Waals surface area contributed by atoms with Crippen molar-refractivity contribution in [1.29, 1.82) is 0 Å². The van der Waals surface area contributed by atoms with Gasteiger partial charge in [-0.05, 0) is 18.3 Å². The Labute approximate surface area is 101 Å². The first-order valence-electron chi connectivity index (χ1n) is 5.94. The Bertz CT molecular complexity index is 438. The molecular weight excluding hydrogens is 218 g/mol. The Kier molecular flexibility index (Phi) is 2.15. The summed E-state index contributed by atoms with van der Waals surface area (Å²) in [5.74, 6) is -1.05. The van der Waals surface area contributed by atoms with E-state index in [1.54, 1.807) is 14.1 Å². The predicted octanol–water partition coefficient (Wildman–Crippen LogP) is 1.04. The lowest BCUT2D eigenvalue weighted by atomic mass is 9.64. The molecule has 0 aromatic carbocycles. The highest BCUT2D eigenvalue weighted by molar-refractivity contribution is 6.48. The van der Waals surface area contributed by atoms with Crippen molar-refractivity contribution < 1.29 is 14.4 Å². The summed E-state index contributed by atoms with van der Waals surface area (Å²) < 4.78 is 0. The fourth-order valence-electron chi connectivity index (χ4n) is 3.63. The van der Waals surface area contributed by atoms with Crippen LogP contribution in [-0.2, 0) is 14.4 Å². The maximum atomic E-state index is 12.4. The van der Waals surface area contributed by atoms with E-state index in [0.717, 1.165) is 0 Å². The van der Waals surface area contributed by atoms with Gasteiger partial charge in [0, 0.05) is 19.5 Å². The molecule has 2 atom stereocenters. The average molecular weight is 237 g/mol. The summed E-state index contributed by atoms with van der Waals surface area (Å²) in [6, 6.07) is 0. The lowest BCUT2D eigenvalue weighted by Crippen LogP contribution is -2.50. The maximum Gasteiger partial charge on any atom is 0.236 e. The first kappa shape index (κ1) is 12.3. The topological polar surface area (TPSA) is 54.5 Å². The molecule has 0 aliphatic heterocycles. The Morgan fingerprint density at radius 3 is 1.94 bits per heavy atom. The molecule has 2 rings (SSSR count). The Hall–Kier alpha value is -1.19. The Morgan fingerprint density at radius 1 is 1.06 bits per heavy atom. The van der Waals surface area contributed by atoms with Crippen molar-refractivity contribution in [3.05, 3.63) is 0 Å². The molecule has 2 fully saturated rings. The molecule has 17 heavy (non-hydrogen) atoms. The smallest absolute Gasteiger partial charge is 0.236 e. The molecule has 0 radical (unpaired) electrons. The molecule has 4 nitrogen and oxygen atoms in total. The highest BCUT2D eigenvalue weighted by Gasteiger charge is 2.78. The van der Waals surface area contributed by atoms with Gasteiger partial charge < -0.3 is 4.90 Å². The molecule has 1 amide bonds. The average Bonchev–Trinajstić information content (AvgIpc) is 2.50. The molecule has 0 saturated heterocycles. The van der Waals surface area contributed by atoms with Crippen molar-refractivity contribution in [2.75, 3.05) is 14.1 Å². The van der Waals surface area contributed by atoms with E-state index in [-0.39, 0.29) is 11.7 Å². The second-order valence-corrected chi connectivity index (χ2v) is 6.22. The summed E-state index contributed by atoms with van der Waals surface area (Å²) in [5.41, 5.74) is -2.38. The van der Waals surface area contributed by atoms with Crippen LogP contribution in [0.4, 0.5) is 0 Å². The van der Waals surface area contributed by atoms with E-state index in [9.17, 15) is 14.4 Å². The van der Waals surface area contributed by atoms with Crippen molar-refractivity contribution >= 4 is 17.5 Å². The lowest BCUT2D eigenvalue weighted by Gasteiger charge is -2.38. The van der Waals surface area contributed by atoms with Gasteiger partial charge in [-0.15, -0.1) is 0 Å². The van der Waals surface area contributed by atoms with Gasteiger partial charge in [-0.1, -0.05) is 20.8 Å². The van der Waals surface area contributed by atoms with Gasteiger partial charge in [-0.2, -0.15) is 0 Å². The number of rotatable bonds is 1. The van der Waals surface area contributed by atoms with Crippen LogP contribution in [0.5, 0.6) is 0 Å². The molecule has 0 spiro atoms. The van der Waals surface area contributed by atoms with Crippen molar-refractivity contribution in [1.82, 2.24) is 4.90 Å². The number of fused-ring (bicyclic) bond motifs is 2. The number of nitrogens with zero attached hydrogens (tertiary/aromatic N) is 1. The lowest BCUT2D eigenvalue weighted by molar-refractivity contribution is -0.153. The zero-order valence-corrected chi connectivity index (χ0v) is 11.1. The summed E-state index contributed by atoms with van der Waals surface area (Å²) in [5, 5.41) is 0. The molecule has 0 heterocycles. The number of hydrogen-bond acceptors (Lipinski definition) is 3. The zero-order valence-electron chi connectivity index (χ0n) is 11.1. The van der Waals surface area contributed by atoms with Gasteiger partial charge in [0.2, 0.25) is 17.5 Å². The number of hydrogen-bond donors (Lipinski definition) is 0. The van der Waals surface area contributed by atoms with Crippen LogP contribution in [0.3, 0.4) is 0 Å². The summed E-state index contributed by atoms with van der Waals surface area (Å²) in [6.07, 6.45) is 1.13. The summed E-state index contributed by atoms with van der Waals surface area (Å²) in [7, 11) is 3.28. The highest BCUT2D eigenvalue weighted by Crippen LogP contribution is 2.69. The van der Waals surface area contributed by atoms with Crippen LogP contribution >= 0.6 is 0 Å². The van der Waals surface area contributed by atoms with Crippen LogP contribution in [0.15, 0.2) is 0 Å². The highest BCUT2D eigenvalue weighted by atomic mass is 16.2. The van der Waals surface area contributed by atoms with E-state index < -0.39 is 22.0 Å². The number of carbonyl (C=O) groups excluding carboxylic acids is 3. The minimum Gasteiger partial charge on any atom is -0.348 e. The van der Waals surface area contributed by atoms with Crippen LogP contribution < -0.4 is 0 Å². The minimum absolute atomic E-state index is 0.220. The second kappa shape index (κ2) is 2.98. The van der Waals surface area contributed by atoms with Crippen LogP contribution in [-0.4, -0.2) is 36.5 Å². The molecule has 4 heteroatoms. The Balaban J connectivity index is 2.66. The van der Waals surface area contributed by atoms with Crippen LogP contribution in [0.1, 0.15) is 33.6 Å². The van der Waals surface area contributed by atoms with Crippen LogP contribution in [0, 0.1) is 16.2 Å². The maximum absolute atomic E-state index is 12.4. The third-order valence-corrected chi connectivity index (χ3v) is 5.31. The molecule has 94 valence electrons. The summed E-state index contributed by atoms with van der Waals surface area (Å²) in [4.78, 5) is 38.2. The summed E-state index contributed by atoms with van der Waals surface area (Å²) >= 11 is 0. The Morgan fingerprint density at radius 2 is 1.59 bits per heavy atom. The monoisotopic (exact) mass is 237 g/mol. The van der Waals surface area contributed by atoms with Crippen LogP contribution in [0.25, 0.3) is 0 Å². The predicted molar refractivity (Wildman–Crippen MR) is 62.3 cm³/mol. The molecule has 0 unspecified atom stereocenters. The van der Waals surface area contributed by atoms with Gasteiger partial charge >= 0.3 is 0 Å². The fourth-order valence-corrected chi connectivity index (χ4v) is 3.63. The van der Waals surface area contributed by atoms with Crippen molar-refractivity contribution in [2.24, 2.45) is 16.2 Å². The number of Topliss-reactive ketones (excluding diaryl/α,β-unsaturated/α-hetero) is 2. The molecule has 0 aromatic rings. The first-order valence-corrected chi connectivity index (χ1v) is 5.94. The van der Waals surface area contributed by atoms with E-state index in [4.69, 9.17) is 0 Å². The first-order chi connectivity index (χ1) is 7.63. The van der Waals surface area contributed by atoms with Gasteiger partial charge in [-0.3, -0.25) is 14.4 Å². The molecule has 0 N–H and O–H groups in total. The largest absolute Gasteiger partial charge is 0.348 e. The zero-order chi connectivity index (χ0) is 13.2. The van der Waals surface area contributed by atoms with Gasteiger partial charge in [-0.25, -0.2) is 0 Å². The van der Waals surface area contributed by atoms with E-state index in [0.29, 0.717) is 12.8 Å². The van der Waals surface area contributed by atoms with Crippen LogP contribution in [0.2, 0.25) is 0 Å². The molecule has 2 bridgehead atoms. The number of carbonyl (C=O) groups is 3. The van der Waals surface area contributed by atoms with Crippen molar-refractivity contribution in [2.45, 2.75) is 33.6 Å². The number of ketones is 2. The molecule has 2 aliphatic carbocycles. The van der Waals surface area contributed by atoms with E-state index in [1.807, 2.05) is 20.8 Å². The minimum atomic E-state index is -1.12. The van der Waals surface area contributed by atoms with Crippen molar-refractivity contribution in [3.8, 4) is 0 Å². The quantitative estimate of drug-likeness (QED) is 0.506. The summed E-state index contributed by atoms with van der Waals surface area (Å²) in [6.45, 7) is 5.58. The fraction of sp³-hybridized carbons (Fsp3) is 0.769. The molecule has 2 saturated carbocycles. The SMILES string of the molecule is CN(C)C(=O)[C@]12CC[C@](C)(C(=O)C1=O)C2(C)C. The third kappa shape index (κ3) is 0.980. The number of amides is 1. The van der Waals surface area contributed by atoms with E-state index >= 15 is 0 Å². The van der Waals surface area contributed by atoms with Gasteiger partial charge in [0.25, 0.3) is 0 Å². The third-order valence-electron chi connectivity index (χ3n) is 5.31. The second-order valence-electron chi connectivity index (χ2n) is 6.22. The van der Waals surface area contributed by atoms with Gasteiger partial charge in [0.1, 0.15) is 5.41 Å². The standard InChI is InChI=1S/C13H19NO3/c1-11(2)12(3)6-7-13(11,9(16)8(12)15)10(17)14(4)5/h6-7H2,1-5H3/t12-,13+/m1/s1. The molecule has 0 aromatic heterocycles. The van der Waals surface area contributed by atoms with E-state index in [2.05, 4.69) is 0 Å². The van der Waals surface area contributed by atoms with Gasteiger partial charge in [0.05, 0.1) is 0 Å². The molecular formula is C13H19NO3. The van der Waals surface area contributed by atoms with Crippen molar-refractivity contribution in [3.63, 3.8) is 0 Å². The normalized spacial score (nSPS) is 38.6. The van der Waals surface area contributed by atoms with Gasteiger partial charge in [0.15, 0.2) is 0 Å². The van der Waals surface area contributed by atoms with E-state index in [1.165, 1.54) is 4.90 Å².